The summed E-state index contributed by atoms with van der Waals surface area (Å²) in [5.41, 5.74) is 2.28. The Morgan fingerprint density at radius 3 is 2.21 bits per heavy atom. The van der Waals surface area contributed by atoms with Crippen molar-refractivity contribution in [1.82, 2.24) is 0 Å². The molecule has 7 heteroatoms. The van der Waals surface area contributed by atoms with Crippen molar-refractivity contribution in [2.45, 2.75) is 13.2 Å². The van der Waals surface area contributed by atoms with Gasteiger partial charge >= 0.3 is 0 Å². The van der Waals surface area contributed by atoms with E-state index in [9.17, 15) is 13.2 Å². The Balaban J connectivity index is 1.52. The largest absolute Gasteiger partial charge is 0.500 e. The van der Waals surface area contributed by atoms with Gasteiger partial charge in [0, 0.05) is 23.6 Å². The Morgan fingerprint density at radius 1 is 0.909 bits per heavy atom. The molecule has 0 amide bonds. The zero-order valence-electron chi connectivity index (χ0n) is 18.1. The van der Waals surface area contributed by atoms with Gasteiger partial charge < -0.3 is 14.2 Å². The molecule has 0 aromatic heterocycles. The van der Waals surface area contributed by atoms with Crippen LogP contribution in [-0.4, -0.2) is 27.6 Å². The van der Waals surface area contributed by atoms with Gasteiger partial charge in [0.2, 0.25) is 5.82 Å². The Hall–Kier alpha value is -3.03. The standard InChI is InChI=1S/C26H22BF3O3/c1-2-3-16-13-31-26(32-14-16)21-9-8-19(12-22(21)28)17-4-6-18(7-5-17)20-10-11-23(33-15-27)25(30)24(20)29/h2-12,16,26H,13-15H2,1H3/b3-2+. The molecule has 1 aliphatic rings. The van der Waals surface area contributed by atoms with Crippen molar-refractivity contribution < 1.29 is 27.4 Å². The molecule has 0 saturated carbocycles. The molecule has 168 valence electrons. The van der Waals surface area contributed by atoms with Gasteiger partial charge in [-0.2, -0.15) is 4.39 Å². The summed E-state index contributed by atoms with van der Waals surface area (Å²) in [6.07, 6.45) is 3.20. The fourth-order valence-electron chi connectivity index (χ4n) is 3.78. The summed E-state index contributed by atoms with van der Waals surface area (Å²) < 4.78 is 59.6. The van der Waals surface area contributed by atoms with E-state index in [0.717, 1.165) is 5.56 Å². The van der Waals surface area contributed by atoms with Crippen LogP contribution in [0.1, 0.15) is 18.8 Å². The third-order valence-electron chi connectivity index (χ3n) is 5.46. The minimum Gasteiger partial charge on any atom is -0.500 e. The number of halogens is 3. The average molecular weight is 450 g/mol. The maximum absolute atomic E-state index is 14.8. The van der Waals surface area contributed by atoms with Crippen LogP contribution in [0.3, 0.4) is 0 Å². The second kappa shape index (κ2) is 10.3. The van der Waals surface area contributed by atoms with Crippen LogP contribution in [-0.2, 0) is 9.47 Å². The molecule has 3 aromatic carbocycles. The fraction of sp³-hybridized carbons (Fsp3) is 0.231. The molecule has 0 aliphatic carbocycles. The van der Waals surface area contributed by atoms with Crippen LogP contribution in [0, 0.1) is 23.4 Å². The van der Waals surface area contributed by atoms with E-state index in [1.165, 1.54) is 18.2 Å². The van der Waals surface area contributed by atoms with Gasteiger partial charge in [-0.25, -0.2) is 8.78 Å². The normalized spacial score (nSPS) is 18.5. The molecule has 0 spiro atoms. The molecular formula is C26H22BF3O3. The first-order chi connectivity index (χ1) is 16.0. The summed E-state index contributed by atoms with van der Waals surface area (Å²) in [5.74, 6) is -2.63. The Bertz CT molecular complexity index is 1140. The van der Waals surface area contributed by atoms with Crippen LogP contribution >= 0.6 is 0 Å². The lowest BCUT2D eigenvalue weighted by atomic mass is 9.98. The number of hydrogen-bond donors (Lipinski definition) is 0. The molecule has 0 N–H and O–H groups in total. The fourth-order valence-corrected chi connectivity index (χ4v) is 3.78. The van der Waals surface area contributed by atoms with Gasteiger partial charge in [-0.05, 0) is 41.8 Å². The van der Waals surface area contributed by atoms with Crippen molar-refractivity contribution >= 4 is 7.85 Å². The highest BCUT2D eigenvalue weighted by atomic mass is 19.2. The molecule has 1 saturated heterocycles. The monoisotopic (exact) mass is 450 g/mol. The molecule has 1 aliphatic heterocycles. The number of rotatable bonds is 6. The van der Waals surface area contributed by atoms with Crippen molar-refractivity contribution in [3.63, 3.8) is 0 Å². The zero-order valence-corrected chi connectivity index (χ0v) is 18.1. The third kappa shape index (κ3) is 4.99. The lowest BCUT2D eigenvalue weighted by molar-refractivity contribution is -0.198. The van der Waals surface area contributed by atoms with Crippen molar-refractivity contribution in [2.24, 2.45) is 5.92 Å². The van der Waals surface area contributed by atoms with E-state index in [1.807, 2.05) is 19.1 Å². The van der Waals surface area contributed by atoms with Crippen LogP contribution in [0.25, 0.3) is 22.3 Å². The highest BCUT2D eigenvalue weighted by Gasteiger charge is 2.24. The van der Waals surface area contributed by atoms with Gasteiger partial charge in [0.05, 0.1) is 13.2 Å². The summed E-state index contributed by atoms with van der Waals surface area (Å²) in [6.45, 7) is 2.61. The molecule has 3 nitrogen and oxygen atoms in total. The molecule has 0 bridgehead atoms. The van der Waals surface area contributed by atoms with Crippen molar-refractivity contribution in [1.29, 1.82) is 0 Å². The average Bonchev–Trinajstić information content (AvgIpc) is 2.83. The van der Waals surface area contributed by atoms with Crippen LogP contribution < -0.4 is 4.74 Å². The smallest absolute Gasteiger partial charge is 0.201 e. The topological polar surface area (TPSA) is 27.7 Å². The lowest BCUT2D eigenvalue weighted by Gasteiger charge is -2.28. The van der Waals surface area contributed by atoms with Crippen LogP contribution in [0.5, 0.6) is 5.75 Å². The van der Waals surface area contributed by atoms with Crippen LogP contribution in [0.15, 0.2) is 66.7 Å². The molecule has 1 heterocycles. The molecular weight excluding hydrogens is 428 g/mol. The highest BCUT2D eigenvalue weighted by molar-refractivity contribution is 6.08. The third-order valence-corrected chi connectivity index (χ3v) is 5.46. The Labute approximate surface area is 192 Å². The minimum atomic E-state index is -1.09. The first-order valence-electron chi connectivity index (χ1n) is 10.6. The summed E-state index contributed by atoms with van der Waals surface area (Å²) >= 11 is 0. The summed E-state index contributed by atoms with van der Waals surface area (Å²) in [7, 11) is 5.23. The first-order valence-corrected chi connectivity index (χ1v) is 10.6. The van der Waals surface area contributed by atoms with Gasteiger partial charge in [0.25, 0.3) is 0 Å². The summed E-state index contributed by atoms with van der Waals surface area (Å²) in [6, 6.07) is 14.3. The van der Waals surface area contributed by atoms with Gasteiger partial charge in [0.1, 0.15) is 13.7 Å². The number of benzene rings is 3. The predicted molar refractivity (Wildman–Crippen MR) is 121 cm³/mol. The molecule has 33 heavy (non-hydrogen) atoms. The highest BCUT2D eigenvalue weighted by Crippen LogP contribution is 2.33. The Morgan fingerprint density at radius 2 is 1.58 bits per heavy atom. The molecule has 2 radical (unpaired) electrons. The molecule has 3 aromatic rings. The zero-order chi connectivity index (χ0) is 23.4. The van der Waals surface area contributed by atoms with Gasteiger partial charge in [-0.3, -0.25) is 0 Å². The van der Waals surface area contributed by atoms with Gasteiger partial charge in [0.15, 0.2) is 17.9 Å². The van der Waals surface area contributed by atoms with E-state index in [-0.39, 0.29) is 23.7 Å². The van der Waals surface area contributed by atoms with Crippen molar-refractivity contribution in [3.8, 4) is 28.0 Å². The SMILES string of the molecule is [B]COc1ccc(-c2ccc(-c3ccc(C4OCC(/C=C/C)CO4)c(F)c3)cc2)c(F)c1F. The molecule has 1 fully saturated rings. The lowest BCUT2D eigenvalue weighted by Crippen LogP contribution is -2.26. The number of allylic oxidation sites excluding steroid dienone is 1. The molecule has 0 unspecified atom stereocenters. The number of hydrogen-bond acceptors (Lipinski definition) is 3. The minimum absolute atomic E-state index is 0.0905. The second-order valence-corrected chi connectivity index (χ2v) is 7.65. The maximum Gasteiger partial charge on any atom is 0.201 e. The molecule has 4 rings (SSSR count). The molecule has 0 atom stereocenters. The van der Waals surface area contributed by atoms with Gasteiger partial charge in [-0.1, -0.05) is 48.6 Å². The van der Waals surface area contributed by atoms with Crippen molar-refractivity contribution in [2.75, 3.05) is 19.7 Å². The van der Waals surface area contributed by atoms with E-state index < -0.39 is 23.7 Å². The van der Waals surface area contributed by atoms with Crippen LogP contribution in [0.4, 0.5) is 13.2 Å². The second-order valence-electron chi connectivity index (χ2n) is 7.65. The predicted octanol–water partition coefficient (Wildman–Crippen LogP) is 6.18. The summed E-state index contributed by atoms with van der Waals surface area (Å²) in [4.78, 5) is 0. The summed E-state index contributed by atoms with van der Waals surface area (Å²) in [5, 5.41) is 0. The van der Waals surface area contributed by atoms with Gasteiger partial charge in [-0.15, -0.1) is 0 Å². The van der Waals surface area contributed by atoms with E-state index in [1.54, 1.807) is 36.4 Å². The first kappa shape index (κ1) is 23.1. The van der Waals surface area contributed by atoms with E-state index >= 15 is 0 Å². The number of ether oxygens (including phenoxy) is 3. The quantitative estimate of drug-likeness (QED) is 0.332. The van der Waals surface area contributed by atoms with E-state index in [4.69, 9.17) is 22.1 Å². The van der Waals surface area contributed by atoms with E-state index in [2.05, 4.69) is 0 Å². The maximum atomic E-state index is 14.8. The van der Waals surface area contributed by atoms with Crippen molar-refractivity contribution in [3.05, 3.63) is 89.8 Å². The van der Waals surface area contributed by atoms with E-state index in [0.29, 0.717) is 29.9 Å². The Kier molecular flexibility index (Phi) is 7.21. The van der Waals surface area contributed by atoms with Crippen LogP contribution in [0.2, 0.25) is 0 Å².